The molecule has 162 valence electrons. The van der Waals surface area contributed by atoms with Crippen LogP contribution in [0.2, 0.25) is 0 Å². The molecule has 0 radical (unpaired) electrons. The van der Waals surface area contributed by atoms with Gasteiger partial charge in [-0.2, -0.15) is 0 Å². The number of aliphatic hydroxyl groups excluding tert-OH is 1. The molecule has 6 heteroatoms. The number of rotatable bonds is 6. The molecule has 0 aliphatic heterocycles. The fourth-order valence-corrected chi connectivity index (χ4v) is 5.36. The highest BCUT2D eigenvalue weighted by atomic mass is 32.2. The van der Waals surface area contributed by atoms with Gasteiger partial charge in [-0.1, -0.05) is 66.7 Å². The highest BCUT2D eigenvalue weighted by molar-refractivity contribution is 7.92. The second-order valence-electron chi connectivity index (χ2n) is 8.12. The molecule has 0 spiro atoms. The maximum Gasteiger partial charge on any atom is 0.232 e. The first-order valence-electron chi connectivity index (χ1n) is 10.5. The summed E-state index contributed by atoms with van der Waals surface area (Å²) in [7, 11) is -3.58. The summed E-state index contributed by atoms with van der Waals surface area (Å²) in [6.07, 6.45) is 0.283. The van der Waals surface area contributed by atoms with Crippen LogP contribution in [0, 0.1) is 0 Å². The average molecular weight is 445 g/mol. The largest absolute Gasteiger partial charge is 0.389 e. The number of nitrogens with zero attached hydrogens (tertiary/aromatic N) is 2. The highest BCUT2D eigenvalue weighted by Gasteiger charge is 2.23. The summed E-state index contributed by atoms with van der Waals surface area (Å²) in [6.45, 7) is 0.256. The van der Waals surface area contributed by atoms with Crippen molar-refractivity contribution in [2.75, 3.05) is 17.1 Å². The van der Waals surface area contributed by atoms with E-state index in [-0.39, 0.29) is 13.1 Å². The topological polar surface area (TPSA) is 62.5 Å². The third-order valence-corrected chi connectivity index (χ3v) is 7.03. The molecule has 1 aromatic heterocycles. The molecule has 0 saturated carbocycles. The Bertz CT molecular complexity index is 1490. The van der Waals surface area contributed by atoms with E-state index in [1.54, 1.807) is 6.07 Å². The summed E-state index contributed by atoms with van der Waals surface area (Å²) in [5.74, 6) is 0. The van der Waals surface area contributed by atoms with Crippen molar-refractivity contribution in [2.24, 2.45) is 0 Å². The van der Waals surface area contributed by atoms with Crippen molar-refractivity contribution in [1.29, 1.82) is 0 Å². The van der Waals surface area contributed by atoms with Gasteiger partial charge in [-0.15, -0.1) is 0 Å². The molecule has 1 N–H and O–H groups in total. The van der Waals surface area contributed by atoms with Crippen LogP contribution in [-0.2, 0) is 16.6 Å². The van der Waals surface area contributed by atoms with E-state index in [0.717, 1.165) is 32.6 Å². The van der Waals surface area contributed by atoms with Gasteiger partial charge in [0.15, 0.2) is 0 Å². The fourth-order valence-electron chi connectivity index (χ4n) is 4.42. The van der Waals surface area contributed by atoms with Gasteiger partial charge in [-0.3, -0.25) is 4.31 Å². The highest BCUT2D eigenvalue weighted by Crippen LogP contribution is 2.29. The Kier molecular flexibility index (Phi) is 5.12. The number of benzene rings is 4. The third kappa shape index (κ3) is 3.72. The minimum atomic E-state index is -3.58. The summed E-state index contributed by atoms with van der Waals surface area (Å²) in [5, 5.41) is 15.2. The Morgan fingerprint density at radius 2 is 1.38 bits per heavy atom. The van der Waals surface area contributed by atoms with Crippen LogP contribution in [0.4, 0.5) is 5.69 Å². The first kappa shape index (κ1) is 20.5. The van der Waals surface area contributed by atoms with E-state index in [1.807, 2.05) is 72.8 Å². The Balaban J connectivity index is 1.50. The van der Waals surface area contributed by atoms with Crippen LogP contribution in [0.1, 0.15) is 0 Å². The van der Waals surface area contributed by atoms with Crippen molar-refractivity contribution < 1.29 is 13.5 Å². The van der Waals surface area contributed by atoms with Crippen LogP contribution >= 0.6 is 0 Å². The van der Waals surface area contributed by atoms with Gasteiger partial charge in [-0.05, 0) is 35.0 Å². The Hall–Kier alpha value is -3.35. The molecule has 0 fully saturated rings. The molecule has 0 saturated heterocycles. The lowest BCUT2D eigenvalue weighted by Gasteiger charge is -2.26. The van der Waals surface area contributed by atoms with Gasteiger partial charge in [0, 0.05) is 21.8 Å². The number of hydrogen-bond donors (Lipinski definition) is 1. The van der Waals surface area contributed by atoms with Crippen LogP contribution in [0.5, 0.6) is 0 Å². The van der Waals surface area contributed by atoms with Crippen molar-refractivity contribution >= 4 is 48.3 Å². The molecule has 5 aromatic rings. The van der Waals surface area contributed by atoms with Crippen molar-refractivity contribution in [1.82, 2.24) is 4.57 Å². The summed E-state index contributed by atoms with van der Waals surface area (Å²) < 4.78 is 28.6. The van der Waals surface area contributed by atoms with E-state index < -0.39 is 16.1 Å². The van der Waals surface area contributed by atoms with E-state index in [9.17, 15) is 13.5 Å². The van der Waals surface area contributed by atoms with Gasteiger partial charge in [0.1, 0.15) is 0 Å². The number of sulfonamides is 1. The minimum absolute atomic E-state index is 0.0298. The smallest absolute Gasteiger partial charge is 0.232 e. The Morgan fingerprint density at radius 1 is 0.812 bits per heavy atom. The van der Waals surface area contributed by atoms with E-state index in [4.69, 9.17) is 0 Å². The molecule has 1 atom stereocenters. The standard InChI is InChI=1S/C26H24N2O3S/c1-32(30,31)28(21-15-14-19-8-2-3-9-20(19)16-21)18-22(29)17-27-25-12-6-4-10-23(25)24-11-5-7-13-26(24)27/h2-16,22,29H,17-18H2,1H3. The zero-order valence-corrected chi connectivity index (χ0v) is 18.5. The lowest BCUT2D eigenvalue weighted by molar-refractivity contribution is 0.166. The molecular formula is C26H24N2O3S. The zero-order valence-electron chi connectivity index (χ0n) is 17.7. The van der Waals surface area contributed by atoms with Crippen molar-refractivity contribution in [3.63, 3.8) is 0 Å². The maximum absolute atomic E-state index is 12.6. The molecule has 4 aromatic carbocycles. The van der Waals surface area contributed by atoms with Gasteiger partial charge in [0.25, 0.3) is 0 Å². The number of aliphatic hydroxyl groups is 1. The van der Waals surface area contributed by atoms with Crippen molar-refractivity contribution in [3.05, 3.63) is 91.0 Å². The Labute approximate surface area is 187 Å². The summed E-state index contributed by atoms with van der Waals surface area (Å²) in [5.41, 5.74) is 2.58. The second-order valence-corrected chi connectivity index (χ2v) is 10.0. The number of para-hydroxylation sites is 2. The van der Waals surface area contributed by atoms with Crippen LogP contribution in [0.25, 0.3) is 32.6 Å². The molecule has 0 aliphatic carbocycles. The molecule has 1 unspecified atom stereocenters. The SMILES string of the molecule is CS(=O)(=O)N(CC(O)Cn1c2ccccc2c2ccccc21)c1ccc2ccccc2c1. The first-order valence-corrected chi connectivity index (χ1v) is 12.4. The summed E-state index contributed by atoms with van der Waals surface area (Å²) >= 11 is 0. The molecular weight excluding hydrogens is 420 g/mol. The number of fused-ring (bicyclic) bond motifs is 4. The normalized spacial score (nSPS) is 13.1. The van der Waals surface area contributed by atoms with Crippen LogP contribution in [0.15, 0.2) is 91.0 Å². The summed E-state index contributed by atoms with van der Waals surface area (Å²) in [6, 6.07) is 29.5. The molecule has 0 aliphatic rings. The lowest BCUT2D eigenvalue weighted by Crippen LogP contribution is -2.38. The van der Waals surface area contributed by atoms with Gasteiger partial charge in [-0.25, -0.2) is 8.42 Å². The monoisotopic (exact) mass is 444 g/mol. The van der Waals surface area contributed by atoms with E-state index in [2.05, 4.69) is 16.7 Å². The fraction of sp³-hybridized carbons (Fsp3) is 0.154. The number of hydrogen-bond acceptors (Lipinski definition) is 3. The predicted molar refractivity (Wildman–Crippen MR) is 132 cm³/mol. The second kappa shape index (κ2) is 7.97. The zero-order chi connectivity index (χ0) is 22.3. The van der Waals surface area contributed by atoms with E-state index in [0.29, 0.717) is 5.69 Å². The average Bonchev–Trinajstić information content (AvgIpc) is 3.10. The van der Waals surface area contributed by atoms with Gasteiger partial charge in [0.2, 0.25) is 10.0 Å². The number of aromatic nitrogens is 1. The minimum Gasteiger partial charge on any atom is -0.389 e. The summed E-state index contributed by atoms with van der Waals surface area (Å²) in [4.78, 5) is 0. The van der Waals surface area contributed by atoms with Crippen LogP contribution in [0.3, 0.4) is 0 Å². The third-order valence-electron chi connectivity index (χ3n) is 5.87. The lowest BCUT2D eigenvalue weighted by atomic mass is 10.1. The van der Waals surface area contributed by atoms with Crippen molar-refractivity contribution in [3.8, 4) is 0 Å². The molecule has 5 rings (SSSR count). The van der Waals surface area contributed by atoms with Gasteiger partial charge >= 0.3 is 0 Å². The molecule has 5 nitrogen and oxygen atoms in total. The quantitative estimate of drug-likeness (QED) is 0.410. The van der Waals surface area contributed by atoms with Gasteiger partial charge < -0.3 is 9.67 Å². The van der Waals surface area contributed by atoms with E-state index in [1.165, 1.54) is 10.6 Å². The van der Waals surface area contributed by atoms with Gasteiger partial charge in [0.05, 0.1) is 31.1 Å². The predicted octanol–water partition coefficient (Wildman–Crippen LogP) is 4.77. The molecule has 0 amide bonds. The molecule has 0 bridgehead atoms. The Morgan fingerprint density at radius 3 is 2.00 bits per heavy atom. The van der Waals surface area contributed by atoms with Crippen LogP contribution in [-0.4, -0.2) is 37.0 Å². The number of anilines is 1. The molecule has 1 heterocycles. The maximum atomic E-state index is 12.6. The van der Waals surface area contributed by atoms with Crippen LogP contribution < -0.4 is 4.31 Å². The first-order chi connectivity index (χ1) is 15.4. The van der Waals surface area contributed by atoms with E-state index >= 15 is 0 Å². The molecule has 32 heavy (non-hydrogen) atoms. The van der Waals surface area contributed by atoms with Crippen molar-refractivity contribution in [2.45, 2.75) is 12.6 Å².